The van der Waals surface area contributed by atoms with Gasteiger partial charge in [-0.15, -0.1) is 0 Å². The van der Waals surface area contributed by atoms with E-state index in [0.717, 1.165) is 38.8 Å². The summed E-state index contributed by atoms with van der Waals surface area (Å²) < 4.78 is 11.4. The molecule has 1 aromatic rings. The molecule has 0 aromatic heterocycles. The van der Waals surface area contributed by atoms with Crippen LogP contribution >= 0.6 is 0 Å². The second-order valence-electron chi connectivity index (χ2n) is 7.28. The minimum absolute atomic E-state index is 0.000187. The number of carbonyl (C=O) groups is 2. The van der Waals surface area contributed by atoms with E-state index in [1.807, 2.05) is 11.8 Å². The normalized spacial score (nSPS) is 17.6. The molecule has 0 atom stereocenters. The van der Waals surface area contributed by atoms with Gasteiger partial charge in [0.2, 0.25) is 0 Å². The van der Waals surface area contributed by atoms with E-state index < -0.39 is 0 Å². The van der Waals surface area contributed by atoms with E-state index in [-0.39, 0.29) is 24.5 Å². The van der Waals surface area contributed by atoms with E-state index in [1.54, 1.807) is 18.2 Å². The maximum Gasteiger partial charge on any atom is 0.260 e. The van der Waals surface area contributed by atoms with Crippen LogP contribution in [0.1, 0.15) is 62.2 Å². The fraction of sp³-hybridized carbons (Fsp3) is 0.619. The average molecular weight is 374 g/mol. The van der Waals surface area contributed by atoms with E-state index in [2.05, 4.69) is 5.32 Å². The average Bonchev–Trinajstić information content (AvgIpc) is 3.20. The minimum Gasteiger partial charge on any atom is -0.490 e. The summed E-state index contributed by atoms with van der Waals surface area (Å²) in [5.74, 6) is 0.918. The molecule has 2 fully saturated rings. The van der Waals surface area contributed by atoms with Crippen molar-refractivity contribution in [2.45, 2.75) is 57.9 Å². The topological polar surface area (TPSA) is 67.9 Å². The van der Waals surface area contributed by atoms with Crippen molar-refractivity contribution in [2.24, 2.45) is 0 Å². The van der Waals surface area contributed by atoms with Gasteiger partial charge in [0, 0.05) is 24.7 Å². The first-order chi connectivity index (χ1) is 13.2. The van der Waals surface area contributed by atoms with E-state index in [0.29, 0.717) is 23.7 Å². The van der Waals surface area contributed by atoms with Crippen LogP contribution in [0.2, 0.25) is 0 Å². The number of benzene rings is 1. The number of amides is 2. The van der Waals surface area contributed by atoms with Crippen LogP contribution < -0.4 is 14.8 Å². The lowest BCUT2D eigenvalue weighted by molar-refractivity contribution is -0.134. The molecule has 1 N–H and O–H groups in total. The lowest BCUT2D eigenvalue weighted by Crippen LogP contribution is -2.38. The van der Waals surface area contributed by atoms with Gasteiger partial charge >= 0.3 is 0 Å². The summed E-state index contributed by atoms with van der Waals surface area (Å²) in [5, 5.41) is 3.08. The van der Waals surface area contributed by atoms with E-state index in [1.165, 1.54) is 19.3 Å². The van der Waals surface area contributed by atoms with Crippen molar-refractivity contribution in [2.75, 3.05) is 26.3 Å². The summed E-state index contributed by atoms with van der Waals surface area (Å²) in [6, 6.07) is 5.42. The van der Waals surface area contributed by atoms with Crippen LogP contribution in [0.3, 0.4) is 0 Å². The Kier molecular flexibility index (Phi) is 6.96. The number of rotatable bonds is 7. The molecule has 3 rings (SSSR count). The lowest BCUT2D eigenvalue weighted by atomic mass is 10.1. The number of hydrogen-bond acceptors (Lipinski definition) is 4. The van der Waals surface area contributed by atoms with Gasteiger partial charge in [-0.3, -0.25) is 9.59 Å². The van der Waals surface area contributed by atoms with Crippen LogP contribution in [0.4, 0.5) is 0 Å². The van der Waals surface area contributed by atoms with Gasteiger partial charge in [-0.05, 0) is 57.2 Å². The Morgan fingerprint density at radius 2 is 1.78 bits per heavy atom. The maximum absolute atomic E-state index is 12.5. The predicted molar refractivity (Wildman–Crippen MR) is 103 cm³/mol. The Labute approximate surface area is 161 Å². The largest absolute Gasteiger partial charge is 0.490 e. The van der Waals surface area contributed by atoms with Crippen molar-refractivity contribution in [1.29, 1.82) is 0 Å². The molecule has 27 heavy (non-hydrogen) atoms. The SMILES string of the molecule is CCOc1cc(C(=O)NC2CCCC2)ccc1OCC(=O)N1CCCCC1. The highest BCUT2D eigenvalue weighted by molar-refractivity contribution is 5.95. The summed E-state index contributed by atoms with van der Waals surface area (Å²) in [4.78, 5) is 26.6. The molecule has 1 aliphatic carbocycles. The second kappa shape index (κ2) is 9.62. The molecule has 6 heteroatoms. The monoisotopic (exact) mass is 374 g/mol. The molecule has 1 heterocycles. The second-order valence-corrected chi connectivity index (χ2v) is 7.28. The molecule has 1 aliphatic heterocycles. The van der Waals surface area contributed by atoms with Crippen LogP contribution in [-0.2, 0) is 4.79 Å². The van der Waals surface area contributed by atoms with Gasteiger partial charge in [0.05, 0.1) is 6.61 Å². The van der Waals surface area contributed by atoms with Crippen molar-refractivity contribution in [1.82, 2.24) is 10.2 Å². The molecule has 1 aromatic carbocycles. The van der Waals surface area contributed by atoms with Crippen molar-refractivity contribution in [3.63, 3.8) is 0 Å². The number of piperidine rings is 1. The minimum atomic E-state index is -0.0844. The lowest BCUT2D eigenvalue weighted by Gasteiger charge is -2.26. The zero-order valence-corrected chi connectivity index (χ0v) is 16.2. The fourth-order valence-electron chi connectivity index (χ4n) is 3.75. The zero-order valence-electron chi connectivity index (χ0n) is 16.2. The molecule has 0 radical (unpaired) electrons. The summed E-state index contributed by atoms with van der Waals surface area (Å²) in [7, 11) is 0. The molecular weight excluding hydrogens is 344 g/mol. The molecule has 148 valence electrons. The quantitative estimate of drug-likeness (QED) is 0.796. The molecule has 6 nitrogen and oxygen atoms in total. The number of nitrogens with one attached hydrogen (secondary N) is 1. The van der Waals surface area contributed by atoms with Crippen molar-refractivity contribution >= 4 is 11.8 Å². The van der Waals surface area contributed by atoms with Crippen LogP contribution in [0.25, 0.3) is 0 Å². The van der Waals surface area contributed by atoms with Crippen LogP contribution in [0.15, 0.2) is 18.2 Å². The first-order valence-corrected chi connectivity index (χ1v) is 10.2. The third-order valence-electron chi connectivity index (χ3n) is 5.26. The highest BCUT2D eigenvalue weighted by Crippen LogP contribution is 2.29. The number of carbonyl (C=O) groups excluding carboxylic acids is 2. The summed E-state index contributed by atoms with van der Waals surface area (Å²) >= 11 is 0. The van der Waals surface area contributed by atoms with Crippen molar-refractivity contribution in [3.05, 3.63) is 23.8 Å². The molecule has 2 aliphatic rings. The molecule has 0 spiro atoms. The predicted octanol–water partition coefficient (Wildman–Crippen LogP) is 3.15. The van der Waals surface area contributed by atoms with Gasteiger partial charge in [-0.1, -0.05) is 12.8 Å². The summed E-state index contributed by atoms with van der Waals surface area (Å²) in [6.45, 7) is 3.95. The molecule has 1 saturated carbocycles. The molecule has 0 bridgehead atoms. The van der Waals surface area contributed by atoms with Gasteiger partial charge < -0.3 is 19.7 Å². The first kappa shape index (κ1) is 19.5. The van der Waals surface area contributed by atoms with E-state index in [4.69, 9.17) is 9.47 Å². The van der Waals surface area contributed by atoms with Crippen LogP contribution in [-0.4, -0.2) is 49.1 Å². The highest BCUT2D eigenvalue weighted by Gasteiger charge is 2.20. The van der Waals surface area contributed by atoms with Gasteiger partial charge in [0.15, 0.2) is 18.1 Å². The Morgan fingerprint density at radius 3 is 2.48 bits per heavy atom. The first-order valence-electron chi connectivity index (χ1n) is 10.2. The summed E-state index contributed by atoms with van der Waals surface area (Å²) in [6.07, 6.45) is 7.73. The number of ether oxygens (including phenoxy) is 2. The third-order valence-corrected chi connectivity index (χ3v) is 5.26. The van der Waals surface area contributed by atoms with Crippen molar-refractivity contribution in [3.8, 4) is 11.5 Å². The third kappa shape index (κ3) is 5.37. The zero-order chi connectivity index (χ0) is 19.1. The molecule has 0 unspecified atom stereocenters. The summed E-state index contributed by atoms with van der Waals surface area (Å²) in [5.41, 5.74) is 0.556. The van der Waals surface area contributed by atoms with E-state index >= 15 is 0 Å². The van der Waals surface area contributed by atoms with E-state index in [9.17, 15) is 9.59 Å². The fourth-order valence-corrected chi connectivity index (χ4v) is 3.75. The smallest absolute Gasteiger partial charge is 0.260 e. The molecule has 1 saturated heterocycles. The van der Waals surface area contributed by atoms with Crippen molar-refractivity contribution < 1.29 is 19.1 Å². The Hall–Kier alpha value is -2.24. The van der Waals surface area contributed by atoms with Gasteiger partial charge in [0.1, 0.15) is 0 Å². The number of nitrogens with zero attached hydrogens (tertiary/aromatic N) is 1. The Balaban J connectivity index is 1.62. The number of likely N-dealkylation sites (tertiary alicyclic amines) is 1. The molecular formula is C21H30N2O4. The van der Waals surface area contributed by atoms with Crippen LogP contribution in [0.5, 0.6) is 11.5 Å². The standard InChI is InChI=1S/C21H30N2O4/c1-2-26-19-14-16(21(25)22-17-8-4-5-9-17)10-11-18(19)27-15-20(24)23-12-6-3-7-13-23/h10-11,14,17H,2-9,12-13,15H2,1H3,(H,22,25). The van der Waals surface area contributed by atoms with Gasteiger partial charge in [0.25, 0.3) is 11.8 Å². The Morgan fingerprint density at radius 1 is 1.04 bits per heavy atom. The number of hydrogen-bond donors (Lipinski definition) is 1. The van der Waals surface area contributed by atoms with Crippen LogP contribution in [0, 0.1) is 0 Å². The highest BCUT2D eigenvalue weighted by atomic mass is 16.5. The maximum atomic E-state index is 12.5. The van der Waals surface area contributed by atoms with Gasteiger partial charge in [-0.2, -0.15) is 0 Å². The molecule has 2 amide bonds. The Bertz CT molecular complexity index is 650. The van der Waals surface area contributed by atoms with Gasteiger partial charge in [-0.25, -0.2) is 0 Å².